The summed E-state index contributed by atoms with van der Waals surface area (Å²) in [6.45, 7) is 9.06. The number of Topliss-reactive ketones (excluding diaryl/α,β-unsaturated/α-hetero) is 1. The lowest BCUT2D eigenvalue weighted by Crippen LogP contribution is -2.53. The molecule has 0 amide bonds. The van der Waals surface area contributed by atoms with Crippen molar-refractivity contribution in [1.29, 1.82) is 0 Å². The van der Waals surface area contributed by atoms with E-state index in [1.54, 1.807) is 0 Å². The number of nitrogens with one attached hydrogen (secondary N) is 1. The van der Waals surface area contributed by atoms with Crippen molar-refractivity contribution in [1.82, 2.24) is 5.32 Å². The molecule has 5 rings (SSSR count). The molecular weight excluding hydrogens is 348 g/mol. The van der Waals surface area contributed by atoms with E-state index in [1.807, 2.05) is 0 Å². The molecule has 1 aliphatic heterocycles. The van der Waals surface area contributed by atoms with Crippen molar-refractivity contribution in [3.63, 3.8) is 0 Å². The van der Waals surface area contributed by atoms with Crippen molar-refractivity contribution in [3.8, 4) is 0 Å². The maximum atomic E-state index is 12.9. The van der Waals surface area contributed by atoms with E-state index >= 15 is 0 Å². The summed E-state index contributed by atoms with van der Waals surface area (Å²) in [7, 11) is 0. The molecule has 0 aromatic carbocycles. The molecule has 5 aliphatic rings. The molecule has 1 heterocycles. The topological polar surface area (TPSA) is 50.7 Å². The van der Waals surface area contributed by atoms with Gasteiger partial charge in [-0.2, -0.15) is 0 Å². The summed E-state index contributed by atoms with van der Waals surface area (Å²) in [5, 5.41) is 7.96. The molecule has 0 aromatic rings. The number of carbonyl (C=O) groups excluding carboxylic acids is 1. The zero-order chi connectivity index (χ0) is 19.5. The van der Waals surface area contributed by atoms with E-state index < -0.39 is 0 Å². The Bertz CT molecular complexity index is 670. The molecule has 4 nitrogen and oxygen atoms in total. The lowest BCUT2D eigenvalue weighted by Gasteiger charge is -2.59. The number of hydrogen-bond donors (Lipinski definition) is 1. The van der Waals surface area contributed by atoms with Crippen molar-refractivity contribution in [2.24, 2.45) is 45.6 Å². The van der Waals surface area contributed by atoms with E-state index in [0.29, 0.717) is 17.1 Å². The van der Waals surface area contributed by atoms with Crippen LogP contribution in [0.25, 0.3) is 0 Å². The van der Waals surface area contributed by atoms with Crippen LogP contribution in [0.15, 0.2) is 5.16 Å². The Morgan fingerprint density at radius 3 is 2.75 bits per heavy atom. The van der Waals surface area contributed by atoms with Crippen molar-refractivity contribution < 1.29 is 9.63 Å². The third-order valence-electron chi connectivity index (χ3n) is 9.85. The molecule has 0 aromatic heterocycles. The Labute approximate surface area is 170 Å². The van der Waals surface area contributed by atoms with Gasteiger partial charge in [0, 0.05) is 24.3 Å². The van der Waals surface area contributed by atoms with Gasteiger partial charge in [-0.05, 0) is 87.0 Å². The monoisotopic (exact) mass is 386 g/mol. The maximum Gasteiger partial charge on any atom is 0.141 e. The molecule has 0 bridgehead atoms. The minimum atomic E-state index is -0.0196. The van der Waals surface area contributed by atoms with E-state index in [4.69, 9.17) is 4.84 Å². The van der Waals surface area contributed by atoms with E-state index in [-0.39, 0.29) is 17.4 Å². The first-order chi connectivity index (χ1) is 13.4. The van der Waals surface area contributed by atoms with Crippen LogP contribution >= 0.6 is 0 Å². The third-order valence-corrected chi connectivity index (χ3v) is 9.85. The van der Waals surface area contributed by atoms with Crippen LogP contribution in [0.4, 0.5) is 0 Å². The van der Waals surface area contributed by atoms with Crippen LogP contribution in [-0.2, 0) is 9.63 Å². The van der Waals surface area contributed by atoms with Crippen LogP contribution in [0.2, 0.25) is 0 Å². The van der Waals surface area contributed by atoms with Gasteiger partial charge >= 0.3 is 0 Å². The normalized spacial score (nSPS) is 52.2. The Morgan fingerprint density at radius 2 is 1.96 bits per heavy atom. The summed E-state index contributed by atoms with van der Waals surface area (Å²) in [6.07, 6.45) is 11.0. The molecule has 0 spiro atoms. The molecule has 0 radical (unpaired) electrons. The number of rotatable bonds is 2. The van der Waals surface area contributed by atoms with Gasteiger partial charge in [0.1, 0.15) is 11.9 Å². The highest BCUT2D eigenvalue weighted by Gasteiger charge is 2.61. The van der Waals surface area contributed by atoms with Crippen LogP contribution in [0.1, 0.15) is 78.6 Å². The molecule has 4 heteroatoms. The third kappa shape index (κ3) is 2.80. The fourth-order valence-corrected chi connectivity index (χ4v) is 8.12. The first-order valence-electron chi connectivity index (χ1n) is 11.9. The fourth-order valence-electron chi connectivity index (χ4n) is 8.12. The number of nitrogens with zero attached hydrogens (tertiary/aromatic N) is 1. The zero-order valence-corrected chi connectivity index (χ0v) is 18.0. The smallest absolute Gasteiger partial charge is 0.141 e. The van der Waals surface area contributed by atoms with Gasteiger partial charge in [0.25, 0.3) is 0 Å². The standard InChI is InChI=1S/C24H38N2O2/c1-15-12-21-19-5-4-16-13-17(26-28-18-8-11-25-14-18)6-9-23(16,2)20(19)7-10-24(21,3)22(15)27/h15-16,18-21,25H,4-14H2,1-3H3/t15?,16?,18?,19?,20?,21?,23-,24-/m0/s1. The molecule has 5 fully saturated rings. The first-order valence-corrected chi connectivity index (χ1v) is 11.9. The highest BCUT2D eigenvalue weighted by Crippen LogP contribution is 2.65. The summed E-state index contributed by atoms with van der Waals surface area (Å²) in [4.78, 5) is 18.7. The van der Waals surface area contributed by atoms with Crippen molar-refractivity contribution in [3.05, 3.63) is 0 Å². The lowest BCUT2D eigenvalue weighted by molar-refractivity contribution is -0.138. The van der Waals surface area contributed by atoms with Crippen LogP contribution < -0.4 is 5.32 Å². The molecule has 4 saturated carbocycles. The van der Waals surface area contributed by atoms with Gasteiger partial charge in [-0.3, -0.25) is 4.79 Å². The van der Waals surface area contributed by atoms with E-state index in [9.17, 15) is 4.79 Å². The number of carbonyl (C=O) groups is 1. The highest BCUT2D eigenvalue weighted by atomic mass is 16.6. The van der Waals surface area contributed by atoms with Crippen molar-refractivity contribution >= 4 is 11.5 Å². The molecule has 6 unspecified atom stereocenters. The SMILES string of the molecule is CC1CC2C3CCC4CC(=NOC5CCNC5)CC[C@]4(C)C3CC[C@]2(C)C1=O. The summed E-state index contributed by atoms with van der Waals surface area (Å²) in [6, 6.07) is 0. The van der Waals surface area contributed by atoms with Gasteiger partial charge in [-0.15, -0.1) is 0 Å². The molecule has 1 N–H and O–H groups in total. The van der Waals surface area contributed by atoms with Gasteiger partial charge < -0.3 is 10.2 Å². The summed E-state index contributed by atoms with van der Waals surface area (Å²) < 4.78 is 0. The fraction of sp³-hybridized carbons (Fsp3) is 0.917. The molecule has 28 heavy (non-hydrogen) atoms. The minimum Gasteiger partial charge on any atom is -0.391 e. The predicted octanol–water partition coefficient (Wildman–Crippen LogP) is 4.58. The number of ketones is 1. The Balaban J connectivity index is 1.31. The molecule has 1 saturated heterocycles. The highest BCUT2D eigenvalue weighted by molar-refractivity contribution is 5.89. The summed E-state index contributed by atoms with van der Waals surface area (Å²) in [5.74, 6) is 3.83. The quantitative estimate of drug-likeness (QED) is 0.707. The van der Waals surface area contributed by atoms with E-state index in [1.165, 1.54) is 31.4 Å². The number of fused-ring (bicyclic) bond motifs is 5. The molecule has 4 aliphatic carbocycles. The average molecular weight is 387 g/mol. The summed E-state index contributed by atoms with van der Waals surface area (Å²) >= 11 is 0. The van der Waals surface area contributed by atoms with Gasteiger partial charge in [-0.1, -0.05) is 25.9 Å². The summed E-state index contributed by atoms with van der Waals surface area (Å²) in [5.41, 5.74) is 1.72. The Hall–Kier alpha value is -0.900. The van der Waals surface area contributed by atoms with Crippen LogP contribution in [0, 0.1) is 40.4 Å². The second-order valence-electron chi connectivity index (χ2n) is 11.2. The van der Waals surface area contributed by atoms with E-state index in [0.717, 1.165) is 62.9 Å². The van der Waals surface area contributed by atoms with Crippen LogP contribution in [-0.4, -0.2) is 30.7 Å². The lowest BCUT2D eigenvalue weighted by atomic mass is 9.45. The van der Waals surface area contributed by atoms with Gasteiger partial charge in [0.2, 0.25) is 0 Å². The first kappa shape index (κ1) is 19.1. The molecular formula is C24H38N2O2. The maximum absolute atomic E-state index is 12.9. The van der Waals surface area contributed by atoms with Crippen LogP contribution in [0.5, 0.6) is 0 Å². The van der Waals surface area contributed by atoms with Crippen LogP contribution in [0.3, 0.4) is 0 Å². The van der Waals surface area contributed by atoms with Gasteiger partial charge in [0.15, 0.2) is 0 Å². The molecule has 156 valence electrons. The van der Waals surface area contributed by atoms with Crippen molar-refractivity contribution in [2.45, 2.75) is 84.7 Å². The molecule has 8 atom stereocenters. The Morgan fingerprint density at radius 1 is 1.11 bits per heavy atom. The largest absolute Gasteiger partial charge is 0.391 e. The van der Waals surface area contributed by atoms with Gasteiger partial charge in [-0.25, -0.2) is 0 Å². The number of hydrogen-bond acceptors (Lipinski definition) is 4. The average Bonchev–Trinajstić information content (AvgIpc) is 3.28. The second kappa shape index (κ2) is 6.82. The Kier molecular flexibility index (Phi) is 4.65. The van der Waals surface area contributed by atoms with Gasteiger partial charge in [0.05, 0.1) is 5.71 Å². The van der Waals surface area contributed by atoms with E-state index in [2.05, 4.69) is 31.2 Å². The predicted molar refractivity (Wildman–Crippen MR) is 111 cm³/mol. The second-order valence-corrected chi connectivity index (χ2v) is 11.2. The minimum absolute atomic E-state index is 0.0196. The van der Waals surface area contributed by atoms with Crippen molar-refractivity contribution in [2.75, 3.05) is 13.1 Å². The zero-order valence-electron chi connectivity index (χ0n) is 18.0. The number of oxime groups is 1.